The van der Waals surface area contributed by atoms with Crippen LogP contribution in [-0.2, 0) is 6.54 Å². The third-order valence-corrected chi connectivity index (χ3v) is 5.16. The van der Waals surface area contributed by atoms with Crippen molar-refractivity contribution in [2.24, 2.45) is 0 Å². The van der Waals surface area contributed by atoms with Crippen LogP contribution in [0.25, 0.3) is 11.1 Å². The number of anilines is 2. The van der Waals surface area contributed by atoms with Gasteiger partial charge in [0.15, 0.2) is 0 Å². The van der Waals surface area contributed by atoms with Gasteiger partial charge in [0, 0.05) is 18.3 Å². The van der Waals surface area contributed by atoms with Gasteiger partial charge in [-0.15, -0.1) is 0 Å². The van der Waals surface area contributed by atoms with E-state index < -0.39 is 10.9 Å². The van der Waals surface area contributed by atoms with Crippen LogP contribution in [0.1, 0.15) is 15.9 Å². The van der Waals surface area contributed by atoms with Gasteiger partial charge >= 0.3 is 5.97 Å². The number of para-hydroxylation sites is 1. The minimum atomic E-state index is -1.02. The molecule has 0 atom stereocenters. The highest BCUT2D eigenvalue weighted by atomic mass is 16.6. The van der Waals surface area contributed by atoms with E-state index >= 15 is 0 Å². The van der Waals surface area contributed by atoms with Gasteiger partial charge in [-0.1, -0.05) is 60.7 Å². The summed E-state index contributed by atoms with van der Waals surface area (Å²) in [4.78, 5) is 24.8. The summed E-state index contributed by atoms with van der Waals surface area (Å²) in [5, 5.41) is 21.2. The van der Waals surface area contributed by atoms with E-state index in [9.17, 15) is 20.0 Å². The molecule has 0 aliphatic rings. The third-order valence-electron chi connectivity index (χ3n) is 5.16. The van der Waals surface area contributed by atoms with Gasteiger partial charge in [-0.05, 0) is 53.1 Å². The van der Waals surface area contributed by atoms with Crippen molar-refractivity contribution < 1.29 is 14.8 Å². The molecular weight excluding hydrogens is 404 g/mol. The molecule has 0 spiro atoms. The zero-order valence-corrected chi connectivity index (χ0v) is 17.1. The van der Waals surface area contributed by atoms with Crippen LogP contribution in [0.4, 0.5) is 17.1 Å². The van der Waals surface area contributed by atoms with Crippen molar-refractivity contribution in [2.75, 3.05) is 4.90 Å². The first-order chi connectivity index (χ1) is 15.5. The number of carboxylic acid groups (broad SMARTS) is 1. The second-order valence-electron chi connectivity index (χ2n) is 7.25. The number of benzene rings is 4. The number of carbonyl (C=O) groups is 1. The van der Waals surface area contributed by atoms with Crippen molar-refractivity contribution in [3.8, 4) is 11.1 Å². The minimum absolute atomic E-state index is 0.0251. The van der Waals surface area contributed by atoms with Gasteiger partial charge in [-0.3, -0.25) is 10.1 Å². The molecule has 0 bridgehead atoms. The van der Waals surface area contributed by atoms with Crippen molar-refractivity contribution in [2.45, 2.75) is 6.54 Å². The lowest BCUT2D eigenvalue weighted by Gasteiger charge is -2.25. The first-order valence-electron chi connectivity index (χ1n) is 10.0. The molecule has 0 aliphatic heterocycles. The molecule has 0 amide bonds. The maximum atomic E-state index is 11.9. The van der Waals surface area contributed by atoms with E-state index in [0.29, 0.717) is 23.4 Å². The van der Waals surface area contributed by atoms with Crippen molar-refractivity contribution in [1.29, 1.82) is 0 Å². The lowest BCUT2D eigenvalue weighted by molar-refractivity contribution is -0.384. The Morgan fingerprint density at radius 3 is 2.12 bits per heavy atom. The highest BCUT2D eigenvalue weighted by Gasteiger charge is 2.22. The topological polar surface area (TPSA) is 83.7 Å². The summed E-state index contributed by atoms with van der Waals surface area (Å²) in [7, 11) is 0. The van der Waals surface area contributed by atoms with Crippen molar-refractivity contribution in [3.63, 3.8) is 0 Å². The molecule has 0 aliphatic carbocycles. The Morgan fingerprint density at radius 1 is 0.812 bits per heavy atom. The highest BCUT2D eigenvalue weighted by Crippen LogP contribution is 2.38. The van der Waals surface area contributed by atoms with Crippen LogP contribution in [0, 0.1) is 10.1 Å². The molecule has 0 saturated heterocycles. The Balaban J connectivity index is 1.87. The smallest absolute Gasteiger partial charge is 0.335 e. The number of nitrogens with zero attached hydrogens (tertiary/aromatic N) is 2. The minimum Gasteiger partial charge on any atom is -0.478 e. The molecule has 0 unspecified atom stereocenters. The SMILES string of the molecule is O=C(O)c1cccc(-c2ccc([N+](=O)[O-])c(N(Cc3ccccc3)c3ccccc3)c2)c1. The Labute approximate surface area is 185 Å². The standard InChI is InChI=1S/C26H20N2O4/c29-26(30)22-11-7-10-20(16-22)21-14-15-24(28(31)32)25(17-21)27(23-12-5-2-6-13-23)18-19-8-3-1-4-9-19/h1-17H,18H2,(H,29,30). The predicted octanol–water partition coefficient (Wildman–Crippen LogP) is 6.30. The fourth-order valence-corrected chi connectivity index (χ4v) is 3.59. The van der Waals surface area contributed by atoms with Crippen LogP contribution >= 0.6 is 0 Å². The Kier molecular flexibility index (Phi) is 5.94. The molecule has 4 aromatic rings. The normalized spacial score (nSPS) is 10.5. The lowest BCUT2D eigenvalue weighted by Crippen LogP contribution is -2.17. The maximum absolute atomic E-state index is 11.9. The average Bonchev–Trinajstić information content (AvgIpc) is 2.83. The maximum Gasteiger partial charge on any atom is 0.335 e. The van der Waals surface area contributed by atoms with Crippen LogP contribution in [0.15, 0.2) is 103 Å². The molecule has 0 radical (unpaired) electrons. The summed E-state index contributed by atoms with van der Waals surface area (Å²) in [6, 6.07) is 30.6. The van der Waals surface area contributed by atoms with Crippen molar-refractivity contribution in [3.05, 3.63) is 124 Å². The van der Waals surface area contributed by atoms with Crippen LogP contribution < -0.4 is 4.90 Å². The van der Waals surface area contributed by atoms with E-state index in [1.165, 1.54) is 12.1 Å². The Bertz CT molecular complexity index is 1260. The molecule has 158 valence electrons. The van der Waals surface area contributed by atoms with E-state index in [0.717, 1.165) is 11.3 Å². The monoisotopic (exact) mass is 424 g/mol. The second kappa shape index (κ2) is 9.14. The number of nitro groups is 1. The summed E-state index contributed by atoms with van der Waals surface area (Å²) in [6.45, 7) is 0.435. The summed E-state index contributed by atoms with van der Waals surface area (Å²) >= 11 is 0. The number of carboxylic acids is 1. The summed E-state index contributed by atoms with van der Waals surface area (Å²) in [5.41, 5.74) is 3.76. The second-order valence-corrected chi connectivity index (χ2v) is 7.25. The quantitative estimate of drug-likeness (QED) is 0.278. The first kappa shape index (κ1) is 20.8. The number of hydrogen-bond donors (Lipinski definition) is 1. The predicted molar refractivity (Wildman–Crippen MR) is 124 cm³/mol. The van der Waals surface area contributed by atoms with Crippen molar-refractivity contribution >= 4 is 23.0 Å². The molecule has 0 fully saturated rings. The number of nitro benzene ring substituents is 1. The molecular formula is C26H20N2O4. The number of rotatable bonds is 7. The van der Waals surface area contributed by atoms with Gasteiger partial charge in [-0.25, -0.2) is 4.79 Å². The molecule has 4 aromatic carbocycles. The first-order valence-corrected chi connectivity index (χ1v) is 10.0. The Morgan fingerprint density at radius 2 is 1.47 bits per heavy atom. The van der Waals surface area contributed by atoms with Gasteiger partial charge in [0.25, 0.3) is 5.69 Å². The van der Waals surface area contributed by atoms with E-state index in [-0.39, 0.29) is 11.3 Å². The van der Waals surface area contributed by atoms with Crippen LogP contribution in [-0.4, -0.2) is 16.0 Å². The lowest BCUT2D eigenvalue weighted by atomic mass is 10.0. The number of aromatic carboxylic acids is 1. The summed E-state index contributed by atoms with van der Waals surface area (Å²) in [5.74, 6) is -1.02. The molecule has 32 heavy (non-hydrogen) atoms. The third kappa shape index (κ3) is 4.49. The van der Waals surface area contributed by atoms with Crippen LogP contribution in [0.5, 0.6) is 0 Å². The van der Waals surface area contributed by atoms with Gasteiger partial charge in [0.1, 0.15) is 5.69 Å². The van der Waals surface area contributed by atoms with Crippen LogP contribution in [0.2, 0.25) is 0 Å². The fraction of sp³-hybridized carbons (Fsp3) is 0.0385. The molecule has 0 heterocycles. The Hall–Kier alpha value is -4.45. The van der Waals surface area contributed by atoms with E-state index in [1.54, 1.807) is 30.3 Å². The van der Waals surface area contributed by atoms with Gasteiger partial charge in [0.2, 0.25) is 0 Å². The van der Waals surface area contributed by atoms with Gasteiger partial charge in [-0.2, -0.15) is 0 Å². The zero-order chi connectivity index (χ0) is 22.5. The molecule has 1 N–H and O–H groups in total. The van der Waals surface area contributed by atoms with Crippen LogP contribution in [0.3, 0.4) is 0 Å². The van der Waals surface area contributed by atoms with Crippen molar-refractivity contribution in [1.82, 2.24) is 0 Å². The van der Waals surface area contributed by atoms with E-state index in [1.807, 2.05) is 65.6 Å². The molecule has 6 heteroatoms. The summed E-state index contributed by atoms with van der Waals surface area (Å²) < 4.78 is 0. The van der Waals surface area contributed by atoms with E-state index in [4.69, 9.17) is 0 Å². The molecule has 4 rings (SSSR count). The number of hydrogen-bond acceptors (Lipinski definition) is 4. The highest BCUT2D eigenvalue weighted by molar-refractivity contribution is 5.90. The van der Waals surface area contributed by atoms with E-state index in [2.05, 4.69) is 0 Å². The molecule has 0 saturated carbocycles. The molecule has 0 aromatic heterocycles. The molecule has 6 nitrogen and oxygen atoms in total. The van der Waals surface area contributed by atoms with Gasteiger partial charge < -0.3 is 10.0 Å². The van der Waals surface area contributed by atoms with Gasteiger partial charge in [0.05, 0.1) is 10.5 Å². The zero-order valence-electron chi connectivity index (χ0n) is 17.1. The largest absolute Gasteiger partial charge is 0.478 e. The average molecular weight is 424 g/mol. The fourth-order valence-electron chi connectivity index (χ4n) is 3.59. The summed E-state index contributed by atoms with van der Waals surface area (Å²) in [6.07, 6.45) is 0.